The minimum Gasteiger partial charge on any atom is -0.322 e. The molecule has 6 heteroatoms. The molecule has 0 saturated heterocycles. The van der Waals surface area contributed by atoms with Crippen molar-refractivity contribution >= 4 is 0 Å². The van der Waals surface area contributed by atoms with Crippen molar-refractivity contribution < 1.29 is 27.0 Å². The zero-order valence-corrected chi connectivity index (χ0v) is 5.11. The van der Waals surface area contributed by atoms with Gasteiger partial charge in [0.1, 0.15) is 6.61 Å². The van der Waals surface area contributed by atoms with Gasteiger partial charge in [0.15, 0.2) is 0 Å². The number of halogens is 4. The summed E-state index contributed by atoms with van der Waals surface area (Å²) in [5.74, 6) is 0. The third-order valence-electron chi connectivity index (χ3n) is 0.676. The van der Waals surface area contributed by atoms with Crippen LogP contribution in [0, 0.1) is 0 Å². The quantitative estimate of drug-likeness (QED) is 0.582. The van der Waals surface area contributed by atoms with Crippen LogP contribution in [0.15, 0.2) is 0 Å². The molecule has 0 aliphatic heterocycles. The highest BCUT2D eigenvalue weighted by atomic mass is 19.3. The van der Waals surface area contributed by atoms with Crippen LogP contribution in [0.4, 0.5) is 17.6 Å². The number of methoxy groups -OCH3 is 1. The molecule has 0 radical (unpaired) electrons. The number of ether oxygens (including phenoxy) is 2. The Morgan fingerprint density at radius 2 is 1.90 bits per heavy atom. The normalized spacial score (nSPS) is 12.6. The molecule has 0 heterocycles. The van der Waals surface area contributed by atoms with E-state index in [1.807, 2.05) is 0 Å². The molecule has 10 heavy (non-hydrogen) atoms. The van der Waals surface area contributed by atoms with Crippen LogP contribution in [-0.2, 0) is 9.47 Å². The molecular formula is C4H6F4O2. The highest BCUT2D eigenvalue weighted by molar-refractivity contribution is 4.46. The van der Waals surface area contributed by atoms with Crippen LogP contribution in [0.25, 0.3) is 0 Å². The van der Waals surface area contributed by atoms with Crippen LogP contribution >= 0.6 is 0 Å². The maximum atomic E-state index is 11.8. The second-order valence-electron chi connectivity index (χ2n) is 1.41. The zero-order valence-electron chi connectivity index (χ0n) is 5.11. The Labute approximate surface area is 54.7 Å². The Morgan fingerprint density at radius 1 is 1.40 bits per heavy atom. The van der Waals surface area contributed by atoms with Gasteiger partial charge >= 0.3 is 12.7 Å². The summed E-state index contributed by atoms with van der Waals surface area (Å²) in [5.41, 5.74) is 0. The molecule has 0 bridgehead atoms. The van der Waals surface area contributed by atoms with Crippen LogP contribution in [0.3, 0.4) is 0 Å². The molecule has 0 aliphatic rings. The van der Waals surface area contributed by atoms with Crippen molar-refractivity contribution in [1.29, 1.82) is 0 Å². The highest BCUT2D eigenvalue weighted by Crippen LogP contribution is 2.15. The second-order valence-corrected chi connectivity index (χ2v) is 1.41. The molecule has 0 aromatic carbocycles. The Bertz CT molecular complexity index is 95.3. The van der Waals surface area contributed by atoms with Crippen molar-refractivity contribution in [2.45, 2.75) is 12.7 Å². The molecule has 0 rings (SSSR count). The summed E-state index contributed by atoms with van der Waals surface area (Å²) in [6.45, 7) is -4.62. The molecule has 0 unspecified atom stereocenters. The van der Waals surface area contributed by atoms with E-state index in [1.165, 1.54) is 0 Å². The first-order chi connectivity index (χ1) is 4.48. The number of hydrogen-bond acceptors (Lipinski definition) is 2. The third-order valence-corrected chi connectivity index (χ3v) is 0.676. The predicted octanol–water partition coefficient (Wildman–Crippen LogP) is 1.46. The molecule has 0 atom stereocenters. The lowest BCUT2D eigenvalue weighted by atomic mass is 10.7. The summed E-state index contributed by atoms with van der Waals surface area (Å²) >= 11 is 0. The van der Waals surface area contributed by atoms with Crippen molar-refractivity contribution in [2.75, 3.05) is 13.7 Å². The SMILES string of the molecule is COC(F)(F)COC(F)F. The van der Waals surface area contributed by atoms with Gasteiger partial charge in [-0.1, -0.05) is 0 Å². The molecule has 2 nitrogen and oxygen atoms in total. The van der Waals surface area contributed by atoms with Crippen LogP contribution in [0.2, 0.25) is 0 Å². The highest BCUT2D eigenvalue weighted by Gasteiger charge is 2.29. The van der Waals surface area contributed by atoms with E-state index in [0.717, 1.165) is 0 Å². The van der Waals surface area contributed by atoms with Crippen molar-refractivity contribution in [2.24, 2.45) is 0 Å². The fourth-order valence-corrected chi connectivity index (χ4v) is 0.219. The monoisotopic (exact) mass is 162 g/mol. The lowest BCUT2D eigenvalue weighted by molar-refractivity contribution is -0.279. The molecule has 0 spiro atoms. The van der Waals surface area contributed by atoms with Gasteiger partial charge in [-0.2, -0.15) is 17.6 Å². The lowest BCUT2D eigenvalue weighted by Gasteiger charge is -2.12. The summed E-state index contributed by atoms with van der Waals surface area (Å²) in [5, 5.41) is 0. The smallest absolute Gasteiger partial charge is 0.322 e. The van der Waals surface area contributed by atoms with Gasteiger partial charge in [-0.15, -0.1) is 0 Å². The van der Waals surface area contributed by atoms with Crippen LogP contribution in [0.1, 0.15) is 0 Å². The maximum absolute atomic E-state index is 11.8. The van der Waals surface area contributed by atoms with Gasteiger partial charge in [0.25, 0.3) is 0 Å². The fourth-order valence-electron chi connectivity index (χ4n) is 0.219. The molecule has 0 N–H and O–H groups in total. The Balaban J connectivity index is 3.46. The summed E-state index contributed by atoms with van der Waals surface area (Å²) in [6, 6.07) is 0. The number of alkyl halides is 4. The molecule has 0 aromatic heterocycles. The average Bonchev–Trinajstić information content (AvgIpc) is 1.85. The maximum Gasteiger partial charge on any atom is 0.378 e. The number of rotatable bonds is 4. The third kappa shape index (κ3) is 4.51. The Hall–Kier alpha value is -0.360. The molecule has 0 fully saturated rings. The molecular weight excluding hydrogens is 156 g/mol. The molecule has 62 valence electrons. The van der Waals surface area contributed by atoms with E-state index in [9.17, 15) is 17.6 Å². The minimum atomic E-state index is -3.63. The lowest BCUT2D eigenvalue weighted by Crippen LogP contribution is -2.26. The number of hydrogen-bond donors (Lipinski definition) is 0. The van der Waals surface area contributed by atoms with Gasteiger partial charge in [-0.05, 0) is 0 Å². The Morgan fingerprint density at radius 3 is 2.20 bits per heavy atom. The van der Waals surface area contributed by atoms with Gasteiger partial charge in [-0.25, -0.2) is 0 Å². The summed E-state index contributed by atoms with van der Waals surface area (Å²) in [6.07, 6.45) is -3.63. The summed E-state index contributed by atoms with van der Waals surface area (Å²) in [7, 11) is 0.703. The van der Waals surface area contributed by atoms with Crippen LogP contribution in [0.5, 0.6) is 0 Å². The van der Waals surface area contributed by atoms with Crippen LogP contribution < -0.4 is 0 Å². The van der Waals surface area contributed by atoms with Gasteiger partial charge in [0, 0.05) is 7.11 Å². The van der Waals surface area contributed by atoms with Gasteiger partial charge in [0.05, 0.1) is 0 Å². The summed E-state index contributed by atoms with van der Waals surface area (Å²) in [4.78, 5) is 0. The molecule has 0 amide bonds. The van der Waals surface area contributed by atoms with E-state index in [1.54, 1.807) is 0 Å². The average molecular weight is 162 g/mol. The van der Waals surface area contributed by atoms with E-state index in [-0.39, 0.29) is 0 Å². The van der Waals surface area contributed by atoms with Crippen molar-refractivity contribution in [3.8, 4) is 0 Å². The first kappa shape index (κ1) is 9.64. The Kier molecular flexibility index (Phi) is 3.59. The predicted molar refractivity (Wildman–Crippen MR) is 23.9 cm³/mol. The van der Waals surface area contributed by atoms with Crippen molar-refractivity contribution in [3.63, 3.8) is 0 Å². The van der Waals surface area contributed by atoms with E-state index < -0.39 is 19.3 Å². The standard InChI is InChI=1S/C4H6F4O2/c1-9-4(7,8)2-10-3(5)6/h3H,2H2,1H3. The van der Waals surface area contributed by atoms with Crippen molar-refractivity contribution in [1.82, 2.24) is 0 Å². The van der Waals surface area contributed by atoms with E-state index in [0.29, 0.717) is 7.11 Å². The zero-order chi connectivity index (χ0) is 8.20. The molecule has 0 aliphatic carbocycles. The first-order valence-corrected chi connectivity index (χ1v) is 2.30. The summed E-state index contributed by atoms with van der Waals surface area (Å²) < 4.78 is 52.6. The van der Waals surface area contributed by atoms with Gasteiger partial charge in [-0.3, -0.25) is 0 Å². The molecule has 0 saturated carbocycles. The van der Waals surface area contributed by atoms with Crippen LogP contribution in [-0.4, -0.2) is 26.4 Å². The van der Waals surface area contributed by atoms with E-state index >= 15 is 0 Å². The van der Waals surface area contributed by atoms with Crippen molar-refractivity contribution in [3.05, 3.63) is 0 Å². The topological polar surface area (TPSA) is 18.5 Å². The van der Waals surface area contributed by atoms with E-state index in [4.69, 9.17) is 0 Å². The largest absolute Gasteiger partial charge is 0.378 e. The molecule has 0 aromatic rings. The van der Waals surface area contributed by atoms with Gasteiger partial charge < -0.3 is 9.47 Å². The van der Waals surface area contributed by atoms with Gasteiger partial charge in [0.2, 0.25) is 0 Å². The second kappa shape index (κ2) is 3.72. The first-order valence-electron chi connectivity index (χ1n) is 2.30. The minimum absolute atomic E-state index is 0.703. The fraction of sp³-hybridized carbons (Fsp3) is 1.00. The van der Waals surface area contributed by atoms with E-state index in [2.05, 4.69) is 9.47 Å².